The van der Waals surface area contributed by atoms with Crippen LogP contribution < -0.4 is 10.2 Å². The van der Waals surface area contributed by atoms with Crippen molar-refractivity contribution in [2.75, 3.05) is 31.2 Å². The summed E-state index contributed by atoms with van der Waals surface area (Å²) in [7, 11) is 1.88. The van der Waals surface area contributed by atoms with Crippen molar-refractivity contribution in [2.24, 2.45) is 7.05 Å². The Hall–Kier alpha value is -3.77. The molecule has 1 atom stereocenters. The maximum absolute atomic E-state index is 14.1. The molecule has 2 N–H and O–H groups in total. The number of carbonyl (C=O) groups is 2. The average molecular weight is 544 g/mol. The van der Waals surface area contributed by atoms with Gasteiger partial charge in [0.05, 0.1) is 25.3 Å². The van der Waals surface area contributed by atoms with E-state index in [-0.39, 0.29) is 35.5 Å². The summed E-state index contributed by atoms with van der Waals surface area (Å²) in [5, 5.41) is 18.2. The van der Waals surface area contributed by atoms with E-state index in [9.17, 15) is 18.0 Å². The zero-order chi connectivity index (χ0) is 27.8. The highest BCUT2D eigenvalue weighted by atomic mass is 19.4. The first kappa shape index (κ1) is 26.8. The van der Waals surface area contributed by atoms with Crippen LogP contribution in [0.1, 0.15) is 50.8 Å². The molecule has 3 aliphatic heterocycles. The second-order valence-electron chi connectivity index (χ2n) is 10.1. The van der Waals surface area contributed by atoms with Gasteiger partial charge in [0.15, 0.2) is 0 Å². The Morgan fingerprint density at radius 1 is 1.26 bits per heavy atom. The fourth-order valence-electron chi connectivity index (χ4n) is 5.56. The predicted molar refractivity (Wildman–Crippen MR) is 135 cm³/mol. The molecule has 3 aliphatic rings. The first-order valence-electron chi connectivity index (χ1n) is 12.5. The van der Waals surface area contributed by atoms with Gasteiger partial charge in [-0.05, 0) is 59.8 Å². The molecule has 2 aromatic carbocycles. The third-order valence-corrected chi connectivity index (χ3v) is 7.73. The predicted octanol–water partition coefficient (Wildman–Crippen LogP) is 3.28. The quantitative estimate of drug-likeness (QED) is 0.476. The smallest absolute Gasteiger partial charge is 0.416 e. The Balaban J connectivity index is 0.000000983. The third kappa shape index (κ3) is 5.01. The van der Waals surface area contributed by atoms with E-state index in [0.29, 0.717) is 37.4 Å². The molecule has 39 heavy (non-hydrogen) atoms. The minimum absolute atomic E-state index is 0.0272. The SMILES string of the molecule is Cn1cnnc1CC1(c2cccc(N3Cc4c(cc(C5CCNC5)cc4C(F)(F)F)C3=O)c2)COC1.O=CO. The lowest BCUT2D eigenvalue weighted by molar-refractivity contribution is -0.138. The standard InChI is InChI=1S/C26H26F3N5O2.CH2O2/c1-33-15-31-32-23(33)10-25(13-36-14-25)18-3-2-4-19(9-18)34-12-21-20(24(34)35)7-17(16-5-6-30-11-16)8-22(21)26(27,28)29;2-1-3/h2-4,7-9,15-16,30H,5-6,10-14H2,1H3;1H,(H,2,3). The summed E-state index contributed by atoms with van der Waals surface area (Å²) >= 11 is 0. The first-order chi connectivity index (χ1) is 18.7. The lowest BCUT2D eigenvalue weighted by Crippen LogP contribution is -2.49. The number of aromatic nitrogens is 3. The highest BCUT2D eigenvalue weighted by molar-refractivity contribution is 6.10. The summed E-state index contributed by atoms with van der Waals surface area (Å²) in [5.74, 6) is 0.394. The minimum atomic E-state index is -4.53. The molecule has 0 saturated carbocycles. The Labute approximate surface area is 222 Å². The summed E-state index contributed by atoms with van der Waals surface area (Å²) in [5.41, 5.74) is 1.28. The number of rotatable bonds is 5. The Kier molecular flexibility index (Phi) is 7.17. The van der Waals surface area contributed by atoms with E-state index in [2.05, 4.69) is 15.5 Å². The Bertz CT molecular complexity index is 1380. The van der Waals surface area contributed by atoms with Crippen molar-refractivity contribution in [3.63, 3.8) is 0 Å². The molecule has 3 aromatic rings. The van der Waals surface area contributed by atoms with Crippen molar-refractivity contribution >= 4 is 18.1 Å². The van der Waals surface area contributed by atoms with E-state index in [1.807, 2.05) is 29.8 Å². The van der Waals surface area contributed by atoms with E-state index in [1.165, 1.54) is 11.0 Å². The Morgan fingerprint density at radius 3 is 2.62 bits per heavy atom. The number of anilines is 1. The number of nitrogens with zero attached hydrogens (tertiary/aromatic N) is 4. The second-order valence-corrected chi connectivity index (χ2v) is 10.1. The summed E-state index contributed by atoms with van der Waals surface area (Å²) in [6, 6.07) is 10.4. The van der Waals surface area contributed by atoms with E-state index in [1.54, 1.807) is 18.5 Å². The maximum atomic E-state index is 14.1. The van der Waals surface area contributed by atoms with Crippen LogP contribution in [0.2, 0.25) is 0 Å². The lowest BCUT2D eigenvalue weighted by Gasteiger charge is -2.42. The number of carboxylic acid groups (broad SMARTS) is 1. The van der Waals surface area contributed by atoms with Gasteiger partial charge in [-0.1, -0.05) is 12.1 Å². The van der Waals surface area contributed by atoms with Crippen molar-refractivity contribution in [1.82, 2.24) is 20.1 Å². The molecule has 0 spiro atoms. The Morgan fingerprint density at radius 2 is 2.03 bits per heavy atom. The van der Waals surface area contributed by atoms with Gasteiger partial charge in [0, 0.05) is 36.7 Å². The minimum Gasteiger partial charge on any atom is -0.483 e. The molecule has 1 amide bonds. The molecule has 4 heterocycles. The van der Waals surface area contributed by atoms with Crippen LogP contribution in [0.15, 0.2) is 42.7 Å². The number of hydrogen-bond donors (Lipinski definition) is 2. The molecule has 2 saturated heterocycles. The second kappa shape index (κ2) is 10.4. The molecule has 6 rings (SSSR count). The molecule has 0 radical (unpaired) electrons. The molecule has 1 aromatic heterocycles. The number of fused-ring (bicyclic) bond motifs is 1. The normalized spacial score (nSPS) is 19.7. The number of aryl methyl sites for hydroxylation is 1. The molecule has 2 fully saturated rings. The number of nitrogens with one attached hydrogen (secondary N) is 1. The van der Waals surface area contributed by atoms with E-state index >= 15 is 0 Å². The van der Waals surface area contributed by atoms with Crippen LogP contribution in [0.5, 0.6) is 0 Å². The van der Waals surface area contributed by atoms with Gasteiger partial charge in [0.1, 0.15) is 12.2 Å². The molecular weight excluding hydrogens is 515 g/mol. The lowest BCUT2D eigenvalue weighted by atomic mass is 9.75. The van der Waals surface area contributed by atoms with Gasteiger partial charge < -0.3 is 24.6 Å². The fraction of sp³-hybridized carbons (Fsp3) is 0.407. The summed E-state index contributed by atoms with van der Waals surface area (Å²) < 4.78 is 49.7. The zero-order valence-electron chi connectivity index (χ0n) is 21.2. The largest absolute Gasteiger partial charge is 0.483 e. The number of carbonyl (C=O) groups excluding carboxylic acids is 1. The van der Waals surface area contributed by atoms with E-state index in [0.717, 1.165) is 24.4 Å². The number of ether oxygens (including phenoxy) is 1. The summed E-state index contributed by atoms with van der Waals surface area (Å²) in [4.78, 5) is 23.3. The van der Waals surface area contributed by atoms with E-state index in [4.69, 9.17) is 14.6 Å². The summed E-state index contributed by atoms with van der Waals surface area (Å²) in [6.45, 7) is 2.01. The van der Waals surface area contributed by atoms with Crippen LogP contribution in [0.4, 0.5) is 18.9 Å². The van der Waals surface area contributed by atoms with Crippen molar-refractivity contribution in [1.29, 1.82) is 0 Å². The average Bonchev–Trinajstić information content (AvgIpc) is 3.62. The van der Waals surface area contributed by atoms with Crippen molar-refractivity contribution in [3.05, 3.63) is 76.4 Å². The van der Waals surface area contributed by atoms with E-state index < -0.39 is 17.6 Å². The zero-order valence-corrected chi connectivity index (χ0v) is 21.2. The molecule has 0 aliphatic carbocycles. The van der Waals surface area contributed by atoms with Gasteiger partial charge in [-0.25, -0.2) is 0 Å². The molecular formula is C27H28F3N5O4. The van der Waals surface area contributed by atoms with Crippen molar-refractivity contribution < 1.29 is 32.6 Å². The van der Waals surface area contributed by atoms with Crippen LogP contribution in [0.25, 0.3) is 0 Å². The van der Waals surface area contributed by atoms with Crippen LogP contribution in [0, 0.1) is 0 Å². The first-order valence-corrected chi connectivity index (χ1v) is 12.5. The molecule has 0 bridgehead atoms. The fourth-order valence-corrected chi connectivity index (χ4v) is 5.56. The third-order valence-electron chi connectivity index (χ3n) is 7.73. The topological polar surface area (TPSA) is 110 Å². The maximum Gasteiger partial charge on any atom is 0.416 e. The van der Waals surface area contributed by atoms with Gasteiger partial charge in [-0.3, -0.25) is 9.59 Å². The van der Waals surface area contributed by atoms with Gasteiger partial charge >= 0.3 is 6.18 Å². The highest BCUT2D eigenvalue weighted by Gasteiger charge is 2.44. The van der Waals surface area contributed by atoms with Gasteiger partial charge in [0.2, 0.25) is 0 Å². The number of amides is 1. The van der Waals surface area contributed by atoms with Crippen LogP contribution >= 0.6 is 0 Å². The molecule has 206 valence electrons. The van der Waals surface area contributed by atoms with Crippen LogP contribution in [-0.2, 0) is 41.1 Å². The number of halogens is 3. The van der Waals surface area contributed by atoms with Crippen molar-refractivity contribution in [3.8, 4) is 0 Å². The molecule has 12 heteroatoms. The number of benzene rings is 2. The van der Waals surface area contributed by atoms with Gasteiger partial charge in [-0.2, -0.15) is 13.2 Å². The molecule has 9 nitrogen and oxygen atoms in total. The number of hydrogen-bond acceptors (Lipinski definition) is 6. The number of alkyl halides is 3. The highest BCUT2D eigenvalue weighted by Crippen LogP contribution is 2.42. The van der Waals surface area contributed by atoms with Crippen molar-refractivity contribution in [2.45, 2.75) is 36.9 Å². The molecule has 1 unspecified atom stereocenters. The van der Waals surface area contributed by atoms with Gasteiger partial charge in [0.25, 0.3) is 12.4 Å². The monoisotopic (exact) mass is 543 g/mol. The summed E-state index contributed by atoms with van der Waals surface area (Å²) in [6.07, 6.45) is -1.52. The van der Waals surface area contributed by atoms with Crippen LogP contribution in [0.3, 0.4) is 0 Å². The van der Waals surface area contributed by atoms with Crippen LogP contribution in [-0.4, -0.2) is 58.6 Å². The van der Waals surface area contributed by atoms with Gasteiger partial charge in [-0.15, -0.1) is 10.2 Å².